The lowest BCUT2D eigenvalue weighted by atomic mass is 10.2. The molecule has 0 aliphatic carbocycles. The van der Waals surface area contributed by atoms with Gasteiger partial charge in [-0.25, -0.2) is 0 Å². The number of aromatic nitrogens is 3. The van der Waals surface area contributed by atoms with Crippen LogP contribution in [-0.4, -0.2) is 33.0 Å². The number of rotatable bonds is 4. The first-order valence-electron chi connectivity index (χ1n) is 10.8. The van der Waals surface area contributed by atoms with Gasteiger partial charge in [-0.1, -0.05) is 59.9 Å². The van der Waals surface area contributed by atoms with E-state index in [2.05, 4.69) is 10.2 Å². The Morgan fingerprint density at radius 3 is 2.35 bits per heavy atom. The normalized spacial score (nSPS) is 16.0. The van der Waals surface area contributed by atoms with Crippen LogP contribution in [0.25, 0.3) is 0 Å². The summed E-state index contributed by atoms with van der Waals surface area (Å²) >= 11 is 3.05. The molecule has 0 bridgehead atoms. The molecule has 0 saturated carbocycles. The quantitative estimate of drug-likeness (QED) is 0.364. The summed E-state index contributed by atoms with van der Waals surface area (Å²) < 4.78 is 13.8. The van der Waals surface area contributed by atoms with E-state index < -0.39 is 0 Å². The number of anilines is 2. The highest BCUT2D eigenvalue weighted by Crippen LogP contribution is 2.48. The van der Waals surface area contributed by atoms with Crippen LogP contribution in [0, 0.1) is 0 Å². The predicted octanol–water partition coefficient (Wildman–Crippen LogP) is 5.25. The van der Waals surface area contributed by atoms with Crippen LogP contribution in [0.2, 0.25) is 0 Å². The maximum absolute atomic E-state index is 13.4. The van der Waals surface area contributed by atoms with Crippen LogP contribution in [0.3, 0.4) is 0 Å². The van der Waals surface area contributed by atoms with Crippen molar-refractivity contribution < 1.29 is 14.3 Å². The summed E-state index contributed by atoms with van der Waals surface area (Å²) in [5, 5.41) is 9.30. The molecule has 1 unspecified atom stereocenters. The Kier molecular flexibility index (Phi) is 5.43. The number of para-hydroxylation sites is 4. The predicted molar refractivity (Wildman–Crippen MR) is 131 cm³/mol. The molecule has 2 aliphatic heterocycles. The third-order valence-corrected chi connectivity index (χ3v) is 7.81. The lowest BCUT2D eigenvalue weighted by Gasteiger charge is -2.30. The molecular weight excluding hydrogens is 468 g/mol. The molecule has 0 spiro atoms. The van der Waals surface area contributed by atoms with Gasteiger partial charge in [-0.15, -0.1) is 10.2 Å². The first kappa shape index (κ1) is 21.1. The molecular formula is C25H20N4O3S2. The van der Waals surface area contributed by atoms with Crippen molar-refractivity contribution >= 4 is 40.8 Å². The Balaban J connectivity index is 1.21. The minimum absolute atomic E-state index is 0.0130. The highest BCUT2D eigenvalue weighted by molar-refractivity contribution is 8.00. The second-order valence-electron chi connectivity index (χ2n) is 7.82. The summed E-state index contributed by atoms with van der Waals surface area (Å²) in [5.74, 6) is 2.28. The van der Waals surface area contributed by atoms with Crippen LogP contribution in [0.1, 0.15) is 11.9 Å². The highest BCUT2D eigenvalue weighted by Gasteiger charge is 2.30. The molecule has 0 saturated heterocycles. The largest absolute Gasteiger partial charge is 0.485 e. The van der Waals surface area contributed by atoms with E-state index in [1.165, 1.54) is 11.8 Å². The van der Waals surface area contributed by atoms with Gasteiger partial charge >= 0.3 is 0 Å². The summed E-state index contributed by atoms with van der Waals surface area (Å²) in [6.07, 6.45) is -0.365. The maximum atomic E-state index is 13.4. The minimum Gasteiger partial charge on any atom is -0.485 e. The lowest BCUT2D eigenvalue weighted by molar-refractivity contribution is -0.115. The first-order chi connectivity index (χ1) is 16.7. The molecule has 7 nitrogen and oxygen atoms in total. The van der Waals surface area contributed by atoms with Crippen molar-refractivity contribution in [2.75, 3.05) is 17.3 Å². The van der Waals surface area contributed by atoms with E-state index in [4.69, 9.17) is 9.47 Å². The fourth-order valence-corrected chi connectivity index (χ4v) is 5.87. The molecule has 1 atom stereocenters. The number of carbonyl (C=O) groups is 1. The number of hydrogen-bond acceptors (Lipinski definition) is 7. The Hall–Kier alpha value is -3.43. The van der Waals surface area contributed by atoms with Crippen molar-refractivity contribution in [2.24, 2.45) is 7.05 Å². The van der Waals surface area contributed by atoms with Crippen LogP contribution >= 0.6 is 23.5 Å². The molecule has 2 aliphatic rings. The van der Waals surface area contributed by atoms with E-state index in [0.717, 1.165) is 26.9 Å². The van der Waals surface area contributed by atoms with Gasteiger partial charge in [0.1, 0.15) is 6.61 Å². The third kappa shape index (κ3) is 3.70. The van der Waals surface area contributed by atoms with Crippen LogP contribution in [0.15, 0.2) is 87.7 Å². The average Bonchev–Trinajstić information content (AvgIpc) is 3.25. The molecule has 1 amide bonds. The van der Waals surface area contributed by atoms with Crippen LogP contribution < -0.4 is 14.4 Å². The molecule has 3 aromatic carbocycles. The number of carbonyl (C=O) groups excluding carboxylic acids is 1. The number of ether oxygens (including phenoxy) is 2. The summed E-state index contributed by atoms with van der Waals surface area (Å²) in [4.78, 5) is 17.4. The number of thioether (sulfide) groups is 1. The lowest BCUT2D eigenvalue weighted by Crippen LogP contribution is -2.30. The molecule has 4 aromatic rings. The number of nitrogens with zero attached hydrogens (tertiary/aromatic N) is 4. The van der Waals surface area contributed by atoms with Crippen molar-refractivity contribution in [1.82, 2.24) is 14.8 Å². The smallest absolute Gasteiger partial charge is 0.242 e. The number of benzene rings is 3. The molecule has 34 heavy (non-hydrogen) atoms. The summed E-state index contributed by atoms with van der Waals surface area (Å²) in [6, 6.07) is 23.5. The van der Waals surface area contributed by atoms with Crippen LogP contribution in [0.4, 0.5) is 11.4 Å². The molecule has 0 fully saturated rings. The van der Waals surface area contributed by atoms with Gasteiger partial charge in [0.15, 0.2) is 28.6 Å². The Bertz CT molecular complexity index is 1340. The fourth-order valence-electron chi connectivity index (χ4n) is 4.04. The van der Waals surface area contributed by atoms with Crippen molar-refractivity contribution in [1.29, 1.82) is 0 Å². The number of amides is 1. The molecule has 170 valence electrons. The Morgan fingerprint density at radius 1 is 0.971 bits per heavy atom. The van der Waals surface area contributed by atoms with Crippen molar-refractivity contribution in [3.8, 4) is 11.5 Å². The summed E-state index contributed by atoms with van der Waals surface area (Å²) in [7, 11) is 1.88. The molecule has 9 heteroatoms. The van der Waals surface area contributed by atoms with Gasteiger partial charge in [0, 0.05) is 16.8 Å². The van der Waals surface area contributed by atoms with Crippen LogP contribution in [0.5, 0.6) is 11.5 Å². The second-order valence-corrected chi connectivity index (χ2v) is 9.85. The maximum Gasteiger partial charge on any atom is 0.242 e. The first-order valence-corrected chi connectivity index (χ1v) is 12.6. The van der Waals surface area contributed by atoms with E-state index in [1.54, 1.807) is 16.7 Å². The van der Waals surface area contributed by atoms with E-state index in [0.29, 0.717) is 23.3 Å². The summed E-state index contributed by atoms with van der Waals surface area (Å²) in [6.45, 7) is 0.353. The van der Waals surface area contributed by atoms with Crippen molar-refractivity contribution in [2.45, 2.75) is 21.1 Å². The van der Waals surface area contributed by atoms with Gasteiger partial charge in [0.2, 0.25) is 5.91 Å². The van der Waals surface area contributed by atoms with Crippen molar-refractivity contribution in [3.63, 3.8) is 0 Å². The highest BCUT2D eigenvalue weighted by atomic mass is 32.2. The molecule has 3 heterocycles. The van der Waals surface area contributed by atoms with Crippen LogP contribution in [-0.2, 0) is 11.8 Å². The zero-order valence-corrected chi connectivity index (χ0v) is 19.9. The van der Waals surface area contributed by atoms with E-state index in [9.17, 15) is 4.79 Å². The monoisotopic (exact) mass is 488 g/mol. The molecule has 0 N–H and O–H groups in total. The topological polar surface area (TPSA) is 69.5 Å². The molecule has 0 radical (unpaired) electrons. The molecule has 1 aromatic heterocycles. The second kappa shape index (κ2) is 8.73. The van der Waals surface area contributed by atoms with Gasteiger partial charge < -0.3 is 14.0 Å². The minimum atomic E-state index is -0.365. The molecule has 6 rings (SSSR count). The SMILES string of the molecule is Cn1c(SCC(=O)N2c3ccccc3Sc3ccccc32)nnc1C1COc2ccccc2O1. The van der Waals surface area contributed by atoms with Gasteiger partial charge in [0.25, 0.3) is 0 Å². The van der Waals surface area contributed by atoms with Crippen molar-refractivity contribution in [3.05, 3.63) is 78.6 Å². The van der Waals surface area contributed by atoms with Gasteiger partial charge in [-0.05, 0) is 36.4 Å². The number of fused-ring (bicyclic) bond motifs is 3. The average molecular weight is 489 g/mol. The van der Waals surface area contributed by atoms with E-state index in [1.807, 2.05) is 84.4 Å². The zero-order chi connectivity index (χ0) is 23.1. The van der Waals surface area contributed by atoms with Gasteiger partial charge in [-0.3, -0.25) is 9.69 Å². The van der Waals surface area contributed by atoms with E-state index in [-0.39, 0.29) is 17.8 Å². The fraction of sp³-hybridized carbons (Fsp3) is 0.160. The Morgan fingerprint density at radius 2 is 1.62 bits per heavy atom. The standard InChI is InChI=1S/C25H20N4O3S2/c1-28-24(20-14-31-18-10-4-5-11-19(18)32-20)26-27-25(28)33-15-23(30)29-16-8-2-6-12-21(16)34-22-13-7-3-9-17(22)29/h2-13,20H,14-15H2,1H3. The summed E-state index contributed by atoms with van der Waals surface area (Å²) in [5.41, 5.74) is 1.81. The van der Waals surface area contributed by atoms with Gasteiger partial charge in [0.05, 0.1) is 17.1 Å². The van der Waals surface area contributed by atoms with E-state index >= 15 is 0 Å². The Labute approximate surface area is 205 Å². The third-order valence-electron chi connectivity index (χ3n) is 5.67. The van der Waals surface area contributed by atoms with Gasteiger partial charge in [-0.2, -0.15) is 0 Å². The number of hydrogen-bond donors (Lipinski definition) is 0. The zero-order valence-electron chi connectivity index (χ0n) is 18.2.